The molecule has 0 aliphatic heterocycles. The Labute approximate surface area is 118 Å². The zero-order chi connectivity index (χ0) is 14.3. The fourth-order valence-electron chi connectivity index (χ4n) is 1.92. The largest absolute Gasteiger partial charge is 0.382 e. The van der Waals surface area contributed by atoms with Crippen LogP contribution in [0.4, 0.5) is 5.95 Å². The van der Waals surface area contributed by atoms with Gasteiger partial charge in [0, 0.05) is 54.8 Å². The molecule has 0 aliphatic carbocycles. The van der Waals surface area contributed by atoms with Gasteiger partial charge in [0.15, 0.2) is 0 Å². The van der Waals surface area contributed by atoms with Gasteiger partial charge >= 0.3 is 0 Å². The Balaban J connectivity index is 2.55. The van der Waals surface area contributed by atoms with E-state index in [-0.39, 0.29) is 6.04 Å². The molecule has 110 valence electrons. The standard InChI is InChI=1S/C13H25N3O2S/c1-5-18-8-6-7-14-13-15-11(2)9-16(13)12(3)10-19(4)17/h9,12H,5-8,10H2,1-4H3,(H,14,15). The number of aromatic nitrogens is 2. The molecule has 6 heteroatoms. The number of hydrogen-bond donors (Lipinski definition) is 1. The molecule has 0 aromatic carbocycles. The molecule has 5 nitrogen and oxygen atoms in total. The van der Waals surface area contributed by atoms with Crippen molar-refractivity contribution in [3.8, 4) is 0 Å². The molecule has 0 radical (unpaired) electrons. The van der Waals surface area contributed by atoms with Crippen molar-refractivity contribution < 1.29 is 8.95 Å². The second kappa shape index (κ2) is 8.32. The van der Waals surface area contributed by atoms with Crippen LogP contribution in [0.25, 0.3) is 0 Å². The highest BCUT2D eigenvalue weighted by Gasteiger charge is 2.12. The normalized spacial score (nSPS) is 14.3. The highest BCUT2D eigenvalue weighted by atomic mass is 32.2. The quantitative estimate of drug-likeness (QED) is 0.706. The molecule has 0 spiro atoms. The van der Waals surface area contributed by atoms with Gasteiger partial charge in [0.2, 0.25) is 5.95 Å². The Morgan fingerprint density at radius 2 is 2.32 bits per heavy atom. The van der Waals surface area contributed by atoms with E-state index in [1.807, 2.05) is 20.0 Å². The molecule has 0 saturated heterocycles. The van der Waals surface area contributed by atoms with Crippen LogP contribution in [0.1, 0.15) is 32.0 Å². The van der Waals surface area contributed by atoms with Crippen molar-refractivity contribution >= 4 is 16.7 Å². The van der Waals surface area contributed by atoms with E-state index in [2.05, 4.69) is 21.8 Å². The van der Waals surface area contributed by atoms with E-state index in [0.29, 0.717) is 5.75 Å². The fourth-order valence-corrected chi connectivity index (χ4v) is 2.76. The van der Waals surface area contributed by atoms with Crippen molar-refractivity contribution in [2.24, 2.45) is 0 Å². The monoisotopic (exact) mass is 287 g/mol. The summed E-state index contributed by atoms with van der Waals surface area (Å²) in [5, 5.41) is 3.32. The third kappa shape index (κ3) is 5.74. The summed E-state index contributed by atoms with van der Waals surface area (Å²) in [7, 11) is -0.802. The number of nitrogens with one attached hydrogen (secondary N) is 1. The Hall–Kier alpha value is -0.880. The van der Waals surface area contributed by atoms with Crippen LogP contribution in [0.5, 0.6) is 0 Å². The highest BCUT2D eigenvalue weighted by molar-refractivity contribution is 7.84. The van der Waals surface area contributed by atoms with Crippen molar-refractivity contribution in [2.45, 2.75) is 33.2 Å². The first-order valence-electron chi connectivity index (χ1n) is 6.71. The molecular weight excluding hydrogens is 262 g/mol. The highest BCUT2D eigenvalue weighted by Crippen LogP contribution is 2.16. The van der Waals surface area contributed by atoms with Gasteiger partial charge in [-0.25, -0.2) is 4.98 Å². The first kappa shape index (κ1) is 16.2. The summed E-state index contributed by atoms with van der Waals surface area (Å²) in [6.07, 6.45) is 4.69. The number of aryl methyl sites for hydroxylation is 1. The maximum Gasteiger partial charge on any atom is 0.203 e. The first-order valence-corrected chi connectivity index (χ1v) is 8.44. The number of nitrogens with zero attached hydrogens (tertiary/aromatic N) is 2. The van der Waals surface area contributed by atoms with Gasteiger partial charge < -0.3 is 14.6 Å². The number of anilines is 1. The minimum absolute atomic E-state index is 0.182. The van der Waals surface area contributed by atoms with E-state index in [0.717, 1.165) is 37.8 Å². The van der Waals surface area contributed by atoms with Crippen molar-refractivity contribution in [1.82, 2.24) is 9.55 Å². The zero-order valence-electron chi connectivity index (χ0n) is 12.3. The fraction of sp³-hybridized carbons (Fsp3) is 0.769. The molecule has 0 amide bonds. The number of hydrogen-bond acceptors (Lipinski definition) is 4. The summed E-state index contributed by atoms with van der Waals surface area (Å²) in [4.78, 5) is 4.47. The second-order valence-corrected chi connectivity index (χ2v) is 6.16. The maximum absolute atomic E-state index is 11.3. The summed E-state index contributed by atoms with van der Waals surface area (Å²) in [6, 6.07) is 0.182. The van der Waals surface area contributed by atoms with E-state index >= 15 is 0 Å². The van der Waals surface area contributed by atoms with Gasteiger partial charge in [-0.3, -0.25) is 4.21 Å². The van der Waals surface area contributed by atoms with Gasteiger partial charge in [0.05, 0.1) is 5.69 Å². The molecule has 1 aromatic rings. The van der Waals surface area contributed by atoms with Crippen LogP contribution in [0.3, 0.4) is 0 Å². The smallest absolute Gasteiger partial charge is 0.203 e. The van der Waals surface area contributed by atoms with Crippen LogP contribution in [0, 0.1) is 6.92 Å². The van der Waals surface area contributed by atoms with Gasteiger partial charge in [0.25, 0.3) is 0 Å². The Bertz CT molecular complexity index is 407. The SMILES string of the molecule is CCOCCCNc1nc(C)cn1C(C)CS(C)=O. The summed E-state index contributed by atoms with van der Waals surface area (Å²) in [6.45, 7) is 8.38. The predicted molar refractivity (Wildman–Crippen MR) is 80.2 cm³/mol. The van der Waals surface area contributed by atoms with Gasteiger partial charge in [-0.15, -0.1) is 0 Å². The van der Waals surface area contributed by atoms with Gasteiger partial charge in [-0.05, 0) is 27.2 Å². The lowest BCUT2D eigenvalue weighted by Gasteiger charge is -2.15. The summed E-state index contributed by atoms with van der Waals surface area (Å²) >= 11 is 0. The number of imidazole rings is 1. The first-order chi connectivity index (χ1) is 9.04. The van der Waals surface area contributed by atoms with E-state index < -0.39 is 10.8 Å². The van der Waals surface area contributed by atoms with E-state index in [1.54, 1.807) is 6.26 Å². The average molecular weight is 287 g/mol. The van der Waals surface area contributed by atoms with E-state index in [1.165, 1.54) is 0 Å². The maximum atomic E-state index is 11.3. The molecule has 0 saturated carbocycles. The lowest BCUT2D eigenvalue weighted by molar-refractivity contribution is 0.147. The summed E-state index contributed by atoms with van der Waals surface area (Å²) in [5.41, 5.74) is 0.973. The second-order valence-electron chi connectivity index (χ2n) is 4.68. The minimum Gasteiger partial charge on any atom is -0.382 e. The Morgan fingerprint density at radius 1 is 1.58 bits per heavy atom. The topological polar surface area (TPSA) is 56.1 Å². The molecule has 0 bridgehead atoms. The average Bonchev–Trinajstić information content (AvgIpc) is 2.69. The molecule has 1 rings (SSSR count). The summed E-state index contributed by atoms with van der Waals surface area (Å²) in [5.74, 6) is 1.50. The Kier molecular flexibility index (Phi) is 7.09. The Morgan fingerprint density at radius 3 is 2.95 bits per heavy atom. The lowest BCUT2D eigenvalue weighted by atomic mass is 10.4. The lowest BCUT2D eigenvalue weighted by Crippen LogP contribution is -2.16. The van der Waals surface area contributed by atoms with E-state index in [9.17, 15) is 4.21 Å². The molecule has 1 aromatic heterocycles. The minimum atomic E-state index is -0.802. The third-order valence-corrected chi connectivity index (χ3v) is 3.71. The van der Waals surface area contributed by atoms with Crippen LogP contribution >= 0.6 is 0 Å². The molecule has 1 N–H and O–H groups in total. The molecular formula is C13H25N3O2S. The van der Waals surface area contributed by atoms with Crippen molar-refractivity contribution in [2.75, 3.05) is 37.1 Å². The molecule has 1 heterocycles. The van der Waals surface area contributed by atoms with Crippen molar-refractivity contribution in [1.29, 1.82) is 0 Å². The summed E-state index contributed by atoms with van der Waals surface area (Å²) < 4.78 is 18.7. The molecule has 0 aliphatic rings. The van der Waals surface area contributed by atoms with E-state index in [4.69, 9.17) is 4.74 Å². The van der Waals surface area contributed by atoms with Crippen LogP contribution in [0.2, 0.25) is 0 Å². The van der Waals surface area contributed by atoms with Gasteiger partial charge in [-0.1, -0.05) is 0 Å². The van der Waals surface area contributed by atoms with Gasteiger partial charge in [-0.2, -0.15) is 0 Å². The van der Waals surface area contributed by atoms with Crippen LogP contribution in [-0.4, -0.2) is 45.5 Å². The van der Waals surface area contributed by atoms with Crippen LogP contribution < -0.4 is 5.32 Å². The van der Waals surface area contributed by atoms with Crippen LogP contribution in [-0.2, 0) is 15.5 Å². The molecule has 0 fully saturated rings. The number of ether oxygens (including phenoxy) is 1. The van der Waals surface area contributed by atoms with Crippen molar-refractivity contribution in [3.05, 3.63) is 11.9 Å². The molecule has 2 atom stereocenters. The molecule has 2 unspecified atom stereocenters. The predicted octanol–water partition coefficient (Wildman–Crippen LogP) is 1.97. The van der Waals surface area contributed by atoms with Gasteiger partial charge in [0.1, 0.15) is 0 Å². The van der Waals surface area contributed by atoms with Crippen LogP contribution in [0.15, 0.2) is 6.20 Å². The molecule has 19 heavy (non-hydrogen) atoms. The number of rotatable bonds is 9. The van der Waals surface area contributed by atoms with Crippen molar-refractivity contribution in [3.63, 3.8) is 0 Å². The third-order valence-electron chi connectivity index (χ3n) is 2.76. The zero-order valence-corrected chi connectivity index (χ0v) is 13.1.